The molecule has 0 aliphatic carbocycles. The van der Waals surface area contributed by atoms with E-state index in [4.69, 9.17) is 10.5 Å². The molecule has 1 aliphatic heterocycles. The number of nitrogens with two attached hydrogens (primary N) is 1. The Morgan fingerprint density at radius 3 is 2.59 bits per heavy atom. The van der Waals surface area contributed by atoms with Crippen molar-refractivity contribution < 1.29 is 14.6 Å². The van der Waals surface area contributed by atoms with Gasteiger partial charge >= 0.3 is 5.97 Å². The van der Waals surface area contributed by atoms with Crippen molar-refractivity contribution in [3.8, 4) is 6.07 Å². The molecule has 3 rings (SSSR count). The van der Waals surface area contributed by atoms with Crippen LogP contribution in [0.15, 0.2) is 48.3 Å². The summed E-state index contributed by atoms with van der Waals surface area (Å²) >= 11 is 0. The molecule has 1 atom stereocenters. The summed E-state index contributed by atoms with van der Waals surface area (Å²) in [6, 6.07) is 11.6. The minimum atomic E-state index is -0.730. The van der Waals surface area contributed by atoms with Gasteiger partial charge in [0.25, 0.3) is 0 Å². The van der Waals surface area contributed by atoms with Gasteiger partial charge in [0.1, 0.15) is 11.7 Å². The van der Waals surface area contributed by atoms with Gasteiger partial charge in [-0.25, -0.2) is 4.79 Å². The third kappa shape index (κ3) is 4.87. The van der Waals surface area contributed by atoms with Gasteiger partial charge in [-0.2, -0.15) is 5.26 Å². The largest absolute Gasteiger partial charge is 0.456 e. The molecule has 0 spiro atoms. The van der Waals surface area contributed by atoms with E-state index in [0.29, 0.717) is 24.2 Å². The SMILES string of the molecule is Cc1ccc(C2=C(N)c3cc[nH]c3C(CCCO)N2C=C(C#N)C(=O)OC(C)(C)C)cc1. The molecular formula is C25H30N4O3. The van der Waals surface area contributed by atoms with Gasteiger partial charge in [-0.05, 0) is 46.6 Å². The first-order valence-electron chi connectivity index (χ1n) is 10.6. The molecule has 1 unspecified atom stereocenters. The summed E-state index contributed by atoms with van der Waals surface area (Å²) in [4.78, 5) is 17.8. The normalized spacial score (nSPS) is 16.6. The first kappa shape index (κ1) is 23.2. The van der Waals surface area contributed by atoms with E-state index in [2.05, 4.69) is 4.98 Å². The van der Waals surface area contributed by atoms with Crippen LogP contribution in [0, 0.1) is 18.3 Å². The van der Waals surface area contributed by atoms with Crippen LogP contribution in [0.3, 0.4) is 0 Å². The number of carbonyl (C=O) groups is 1. The van der Waals surface area contributed by atoms with Crippen LogP contribution in [0.2, 0.25) is 0 Å². The van der Waals surface area contributed by atoms with Gasteiger partial charge in [0, 0.05) is 35.8 Å². The van der Waals surface area contributed by atoms with Gasteiger partial charge in [-0.15, -0.1) is 0 Å². The lowest BCUT2D eigenvalue weighted by Crippen LogP contribution is -2.31. The minimum Gasteiger partial charge on any atom is -0.456 e. The molecule has 0 bridgehead atoms. The molecule has 7 nitrogen and oxygen atoms in total. The number of rotatable bonds is 6. The number of hydrogen-bond donors (Lipinski definition) is 3. The molecule has 7 heteroatoms. The average Bonchev–Trinajstić information content (AvgIpc) is 3.21. The van der Waals surface area contributed by atoms with Crippen molar-refractivity contribution in [2.45, 2.75) is 52.2 Å². The van der Waals surface area contributed by atoms with Crippen LogP contribution < -0.4 is 5.73 Å². The Morgan fingerprint density at radius 2 is 2.00 bits per heavy atom. The Labute approximate surface area is 188 Å². The zero-order valence-electron chi connectivity index (χ0n) is 19.0. The number of nitrogens with one attached hydrogen (secondary N) is 1. The number of nitrogens with zero attached hydrogens (tertiary/aromatic N) is 2. The Hall–Kier alpha value is -3.50. The molecule has 4 N–H and O–H groups in total. The molecule has 1 aliphatic rings. The average molecular weight is 435 g/mol. The second kappa shape index (κ2) is 9.33. The number of carbonyl (C=O) groups excluding carboxylic acids is 1. The molecule has 1 aromatic heterocycles. The highest BCUT2D eigenvalue weighted by Crippen LogP contribution is 2.43. The lowest BCUT2D eigenvalue weighted by molar-refractivity contribution is -0.149. The Bertz CT molecular complexity index is 1080. The predicted octanol–water partition coefficient (Wildman–Crippen LogP) is 3.99. The van der Waals surface area contributed by atoms with Crippen LogP contribution in [0.1, 0.15) is 62.0 Å². The number of aliphatic hydroxyl groups excluding tert-OH is 1. The number of aromatic nitrogens is 1. The van der Waals surface area contributed by atoms with Gasteiger partial charge in [0.15, 0.2) is 5.57 Å². The fourth-order valence-electron chi connectivity index (χ4n) is 3.79. The van der Waals surface area contributed by atoms with Crippen molar-refractivity contribution >= 4 is 17.4 Å². The van der Waals surface area contributed by atoms with Crippen molar-refractivity contribution in [2.24, 2.45) is 5.73 Å². The number of H-pyrrole nitrogens is 1. The maximum absolute atomic E-state index is 12.7. The van der Waals surface area contributed by atoms with Gasteiger partial charge in [-0.3, -0.25) is 0 Å². The number of benzene rings is 1. The molecular weight excluding hydrogens is 404 g/mol. The number of nitriles is 1. The van der Waals surface area contributed by atoms with Crippen molar-refractivity contribution in [3.63, 3.8) is 0 Å². The lowest BCUT2D eigenvalue weighted by Gasteiger charge is -2.38. The topological polar surface area (TPSA) is 115 Å². The van der Waals surface area contributed by atoms with E-state index in [0.717, 1.165) is 22.4 Å². The number of fused-ring (bicyclic) bond motifs is 1. The molecule has 32 heavy (non-hydrogen) atoms. The van der Waals surface area contributed by atoms with Crippen LogP contribution >= 0.6 is 0 Å². The van der Waals surface area contributed by atoms with Crippen LogP contribution in [-0.2, 0) is 9.53 Å². The summed E-state index contributed by atoms with van der Waals surface area (Å²) in [6.07, 6.45) is 4.48. The number of aliphatic hydroxyl groups is 1. The second-order valence-corrected chi connectivity index (χ2v) is 8.88. The third-order valence-corrected chi connectivity index (χ3v) is 5.22. The summed E-state index contributed by atoms with van der Waals surface area (Å²) < 4.78 is 5.44. The van der Waals surface area contributed by atoms with Crippen LogP contribution in [0.4, 0.5) is 0 Å². The quantitative estimate of drug-likeness (QED) is 0.360. The molecule has 2 heterocycles. The minimum absolute atomic E-state index is 0.0281. The summed E-state index contributed by atoms with van der Waals surface area (Å²) in [5, 5.41) is 19.2. The summed E-state index contributed by atoms with van der Waals surface area (Å²) in [7, 11) is 0. The Kier molecular flexibility index (Phi) is 6.75. The maximum atomic E-state index is 12.7. The van der Waals surface area contributed by atoms with Crippen LogP contribution in [0.5, 0.6) is 0 Å². The third-order valence-electron chi connectivity index (χ3n) is 5.22. The summed E-state index contributed by atoms with van der Waals surface area (Å²) in [5.74, 6) is -0.694. The highest BCUT2D eigenvalue weighted by Gasteiger charge is 2.34. The van der Waals surface area contributed by atoms with E-state index in [1.54, 1.807) is 20.8 Å². The standard InChI is InChI=1S/C25H30N4O3/c1-16-7-9-17(10-8-16)23-21(27)19-11-12-28-22(19)20(6-5-13-30)29(23)15-18(14-26)24(31)32-25(2,3)4/h7-12,15,20,28,30H,5-6,13,27H2,1-4H3. The highest BCUT2D eigenvalue weighted by atomic mass is 16.6. The van der Waals surface area contributed by atoms with Crippen molar-refractivity contribution in [2.75, 3.05) is 6.61 Å². The van der Waals surface area contributed by atoms with Crippen molar-refractivity contribution in [1.29, 1.82) is 5.26 Å². The first-order valence-corrected chi connectivity index (χ1v) is 10.6. The van der Waals surface area contributed by atoms with E-state index >= 15 is 0 Å². The zero-order chi connectivity index (χ0) is 23.5. The molecule has 0 amide bonds. The Morgan fingerprint density at radius 1 is 1.31 bits per heavy atom. The summed E-state index contributed by atoms with van der Waals surface area (Å²) in [5.41, 5.74) is 10.8. The number of esters is 1. The van der Waals surface area contributed by atoms with E-state index < -0.39 is 11.6 Å². The molecule has 168 valence electrons. The molecule has 1 aromatic carbocycles. The van der Waals surface area contributed by atoms with E-state index in [-0.39, 0.29) is 18.2 Å². The zero-order valence-corrected chi connectivity index (χ0v) is 19.0. The van der Waals surface area contributed by atoms with Crippen LogP contribution in [-0.4, -0.2) is 33.2 Å². The molecule has 0 saturated carbocycles. The monoisotopic (exact) mass is 434 g/mol. The molecule has 0 fully saturated rings. The van der Waals surface area contributed by atoms with Gasteiger partial charge in [0.2, 0.25) is 0 Å². The highest BCUT2D eigenvalue weighted by molar-refractivity contribution is 5.95. The Balaban J connectivity index is 2.19. The van der Waals surface area contributed by atoms with Gasteiger partial charge in [0.05, 0.1) is 17.4 Å². The van der Waals surface area contributed by atoms with E-state index in [1.807, 2.05) is 54.4 Å². The van der Waals surface area contributed by atoms with Gasteiger partial charge < -0.3 is 25.5 Å². The van der Waals surface area contributed by atoms with Crippen molar-refractivity contribution in [3.05, 3.63) is 70.7 Å². The molecule has 0 radical (unpaired) electrons. The number of hydrogen-bond acceptors (Lipinski definition) is 6. The fourth-order valence-corrected chi connectivity index (χ4v) is 3.79. The maximum Gasteiger partial charge on any atom is 0.350 e. The van der Waals surface area contributed by atoms with E-state index in [1.165, 1.54) is 6.20 Å². The predicted molar refractivity (Wildman–Crippen MR) is 123 cm³/mol. The number of aromatic amines is 1. The first-order chi connectivity index (χ1) is 15.2. The van der Waals surface area contributed by atoms with Gasteiger partial charge in [-0.1, -0.05) is 29.8 Å². The van der Waals surface area contributed by atoms with Crippen molar-refractivity contribution in [1.82, 2.24) is 9.88 Å². The fraction of sp³-hybridized carbons (Fsp3) is 0.360. The smallest absolute Gasteiger partial charge is 0.350 e. The lowest BCUT2D eigenvalue weighted by atomic mass is 9.92. The molecule has 0 saturated heterocycles. The molecule has 2 aromatic rings. The second-order valence-electron chi connectivity index (χ2n) is 8.88. The van der Waals surface area contributed by atoms with E-state index in [9.17, 15) is 15.2 Å². The summed E-state index contributed by atoms with van der Waals surface area (Å²) in [6.45, 7) is 7.30. The number of aryl methyl sites for hydroxylation is 1. The number of ether oxygens (including phenoxy) is 1. The van der Waals surface area contributed by atoms with Crippen LogP contribution in [0.25, 0.3) is 11.4 Å².